The van der Waals surface area contributed by atoms with Gasteiger partial charge in [-0.15, -0.1) is 0 Å². The van der Waals surface area contributed by atoms with Gasteiger partial charge >= 0.3 is 5.97 Å². The van der Waals surface area contributed by atoms with Crippen LogP contribution in [0.25, 0.3) is 10.9 Å². The lowest BCUT2D eigenvalue weighted by molar-refractivity contribution is -0.383. The summed E-state index contributed by atoms with van der Waals surface area (Å²) in [6, 6.07) is 6.77. The molecule has 2 heterocycles. The highest BCUT2D eigenvalue weighted by Gasteiger charge is 2.18. The van der Waals surface area contributed by atoms with Crippen molar-refractivity contribution in [2.24, 2.45) is 0 Å². The van der Waals surface area contributed by atoms with Crippen molar-refractivity contribution in [2.45, 2.75) is 13.0 Å². The average Bonchev–Trinajstić information content (AvgIpc) is 2.55. The topological polar surface area (TPSA) is 117 Å². The fraction of sp³-hybridized carbons (Fsp3) is 0.333. The van der Waals surface area contributed by atoms with Crippen molar-refractivity contribution in [2.75, 3.05) is 19.6 Å². The smallest absolute Gasteiger partial charge is 0.322 e. The van der Waals surface area contributed by atoms with Crippen LogP contribution in [0, 0.1) is 17.0 Å². The van der Waals surface area contributed by atoms with E-state index in [4.69, 9.17) is 5.11 Å². The Morgan fingerprint density at radius 2 is 2.17 bits per heavy atom. The van der Waals surface area contributed by atoms with Crippen LogP contribution in [0.4, 0.5) is 5.69 Å². The number of pyridine rings is 1. The van der Waals surface area contributed by atoms with Crippen LogP contribution in [0.3, 0.4) is 0 Å². The van der Waals surface area contributed by atoms with Gasteiger partial charge in [0, 0.05) is 36.8 Å². The molecule has 122 valence electrons. The van der Waals surface area contributed by atoms with Crippen LogP contribution in [-0.2, 0) is 4.79 Å². The number of aryl methyl sites for hydroxylation is 1. The van der Waals surface area contributed by atoms with E-state index in [2.05, 4.69) is 15.6 Å². The first-order valence-electron chi connectivity index (χ1n) is 7.16. The molecule has 0 aliphatic carbocycles. The van der Waals surface area contributed by atoms with Gasteiger partial charge in [0.25, 0.3) is 5.69 Å². The first kappa shape index (κ1) is 16.8. The molecule has 1 fully saturated rings. The summed E-state index contributed by atoms with van der Waals surface area (Å²) in [6.07, 6.45) is 1.56. The lowest BCUT2D eigenvalue weighted by Crippen LogP contribution is -2.52. The van der Waals surface area contributed by atoms with Crippen LogP contribution >= 0.6 is 0 Å². The number of aliphatic carboxylic acids is 1. The number of aromatic nitrogens is 1. The van der Waals surface area contributed by atoms with Gasteiger partial charge in [-0.25, -0.2) is 4.98 Å². The summed E-state index contributed by atoms with van der Waals surface area (Å²) in [5, 5.41) is 25.9. The number of hydrogen-bond donors (Lipinski definition) is 3. The Kier molecular flexibility index (Phi) is 5.56. The maximum absolute atomic E-state index is 10.8. The number of carboxylic acid groups (broad SMARTS) is 1. The fourth-order valence-electron chi connectivity index (χ4n) is 2.29. The zero-order valence-corrected chi connectivity index (χ0v) is 12.7. The highest BCUT2D eigenvalue weighted by Crippen LogP contribution is 2.26. The van der Waals surface area contributed by atoms with E-state index in [1.165, 1.54) is 0 Å². The fourth-order valence-corrected chi connectivity index (χ4v) is 2.29. The number of nitrogens with zero attached hydrogens (tertiary/aromatic N) is 2. The van der Waals surface area contributed by atoms with Crippen LogP contribution in [0.2, 0.25) is 0 Å². The van der Waals surface area contributed by atoms with Crippen LogP contribution in [0.15, 0.2) is 30.5 Å². The molecule has 1 saturated heterocycles. The van der Waals surface area contributed by atoms with E-state index in [1.807, 2.05) is 12.1 Å². The number of carboxylic acids is 1. The number of carbonyl (C=O) groups is 1. The van der Waals surface area contributed by atoms with Gasteiger partial charge in [0.2, 0.25) is 0 Å². The predicted molar refractivity (Wildman–Crippen MR) is 85.4 cm³/mol. The van der Waals surface area contributed by atoms with Crippen LogP contribution in [-0.4, -0.2) is 46.7 Å². The highest BCUT2D eigenvalue weighted by atomic mass is 16.6. The van der Waals surface area contributed by atoms with Crippen molar-refractivity contribution < 1.29 is 14.8 Å². The molecule has 1 atom stereocenters. The molecule has 1 aliphatic heterocycles. The molecule has 8 heteroatoms. The van der Waals surface area contributed by atoms with Crippen molar-refractivity contribution in [3.8, 4) is 0 Å². The third-order valence-corrected chi connectivity index (χ3v) is 3.47. The van der Waals surface area contributed by atoms with E-state index >= 15 is 0 Å². The molecule has 0 radical (unpaired) electrons. The Labute approximate surface area is 132 Å². The standard InChI is InChI=1S/C10H8N2O2.C5H10N2O2/c1-7-4-5-8-3-2-6-11-9(8)10(7)12(13)14;8-5(9)4-3-6-1-2-7-4/h2-6H,1H3;4,6-7H,1-3H2,(H,8,9). The summed E-state index contributed by atoms with van der Waals surface area (Å²) in [7, 11) is 0. The lowest BCUT2D eigenvalue weighted by Gasteiger charge is -2.20. The SMILES string of the molecule is Cc1ccc2cccnc2c1[N+](=O)[O-].O=C(O)C1CNCCN1. The van der Waals surface area contributed by atoms with Gasteiger partial charge in [0.15, 0.2) is 0 Å². The summed E-state index contributed by atoms with van der Waals surface area (Å²) in [6.45, 7) is 3.86. The van der Waals surface area contributed by atoms with E-state index in [-0.39, 0.29) is 10.6 Å². The number of nitro groups is 1. The Morgan fingerprint density at radius 3 is 2.74 bits per heavy atom. The zero-order chi connectivity index (χ0) is 16.8. The second-order valence-corrected chi connectivity index (χ2v) is 5.11. The second kappa shape index (κ2) is 7.61. The number of piperazine rings is 1. The van der Waals surface area contributed by atoms with Crippen molar-refractivity contribution >= 4 is 22.6 Å². The summed E-state index contributed by atoms with van der Waals surface area (Å²) in [4.78, 5) is 24.7. The molecule has 0 spiro atoms. The minimum atomic E-state index is -0.776. The largest absolute Gasteiger partial charge is 0.480 e. The molecule has 8 nitrogen and oxygen atoms in total. The third-order valence-electron chi connectivity index (χ3n) is 3.47. The van der Waals surface area contributed by atoms with Gasteiger partial charge in [-0.3, -0.25) is 14.9 Å². The second-order valence-electron chi connectivity index (χ2n) is 5.11. The van der Waals surface area contributed by atoms with Crippen LogP contribution < -0.4 is 10.6 Å². The number of benzene rings is 1. The Balaban J connectivity index is 0.000000185. The van der Waals surface area contributed by atoms with Gasteiger partial charge in [-0.1, -0.05) is 18.2 Å². The summed E-state index contributed by atoms with van der Waals surface area (Å²) < 4.78 is 0. The molecule has 3 N–H and O–H groups in total. The quantitative estimate of drug-likeness (QED) is 0.560. The van der Waals surface area contributed by atoms with Crippen LogP contribution in [0.1, 0.15) is 5.56 Å². The average molecular weight is 318 g/mol. The summed E-state index contributed by atoms with van der Waals surface area (Å²) in [5.74, 6) is -0.776. The predicted octanol–water partition coefficient (Wildman–Crippen LogP) is 1.08. The van der Waals surface area contributed by atoms with Gasteiger partial charge in [0.05, 0.1) is 4.92 Å². The number of fused-ring (bicyclic) bond motifs is 1. The van der Waals surface area contributed by atoms with E-state index < -0.39 is 12.0 Å². The molecule has 2 aromatic rings. The summed E-state index contributed by atoms with van der Waals surface area (Å²) in [5.41, 5.74) is 1.20. The molecule has 1 aliphatic rings. The normalized spacial score (nSPS) is 17.2. The van der Waals surface area contributed by atoms with Crippen molar-refractivity contribution in [3.63, 3.8) is 0 Å². The number of nitrogens with one attached hydrogen (secondary N) is 2. The Hall–Kier alpha value is -2.58. The Morgan fingerprint density at radius 1 is 1.39 bits per heavy atom. The molecule has 0 saturated carbocycles. The minimum Gasteiger partial charge on any atom is -0.480 e. The third kappa shape index (κ3) is 4.21. The van der Waals surface area contributed by atoms with E-state index in [0.29, 0.717) is 17.6 Å². The zero-order valence-electron chi connectivity index (χ0n) is 12.7. The van der Waals surface area contributed by atoms with Gasteiger partial charge < -0.3 is 15.7 Å². The Bertz CT molecular complexity index is 714. The summed E-state index contributed by atoms with van der Waals surface area (Å²) >= 11 is 0. The van der Waals surface area contributed by atoms with E-state index in [9.17, 15) is 14.9 Å². The first-order chi connectivity index (χ1) is 11.0. The van der Waals surface area contributed by atoms with Crippen molar-refractivity contribution in [1.82, 2.24) is 15.6 Å². The molecule has 1 unspecified atom stereocenters. The van der Waals surface area contributed by atoms with Gasteiger partial charge in [-0.05, 0) is 13.0 Å². The molecular weight excluding hydrogens is 300 g/mol. The monoisotopic (exact) mass is 318 g/mol. The van der Waals surface area contributed by atoms with E-state index in [0.717, 1.165) is 18.5 Å². The number of hydrogen-bond acceptors (Lipinski definition) is 6. The van der Waals surface area contributed by atoms with Crippen LogP contribution in [0.5, 0.6) is 0 Å². The molecule has 1 aromatic heterocycles. The van der Waals surface area contributed by atoms with Gasteiger partial charge in [-0.2, -0.15) is 0 Å². The highest BCUT2D eigenvalue weighted by molar-refractivity contribution is 5.88. The maximum Gasteiger partial charge on any atom is 0.322 e. The minimum absolute atomic E-state index is 0.100. The first-order valence-corrected chi connectivity index (χ1v) is 7.16. The molecule has 0 amide bonds. The maximum atomic E-state index is 10.8. The number of rotatable bonds is 2. The molecule has 0 bridgehead atoms. The molecule has 1 aromatic carbocycles. The molecular formula is C15H18N4O4. The van der Waals surface area contributed by atoms with Gasteiger partial charge in [0.1, 0.15) is 11.6 Å². The molecule has 23 heavy (non-hydrogen) atoms. The number of nitro benzene ring substituents is 1. The molecule has 3 rings (SSSR count). The van der Waals surface area contributed by atoms with Crippen molar-refractivity contribution in [3.05, 3.63) is 46.1 Å². The lowest BCUT2D eigenvalue weighted by atomic mass is 10.1. The van der Waals surface area contributed by atoms with E-state index in [1.54, 1.807) is 25.3 Å². The van der Waals surface area contributed by atoms with Crippen molar-refractivity contribution in [1.29, 1.82) is 0 Å².